The predicted molar refractivity (Wildman–Crippen MR) is 50.8 cm³/mol. The maximum absolute atomic E-state index is 11.0. The first-order valence-corrected chi connectivity index (χ1v) is 4.88. The van der Waals surface area contributed by atoms with Crippen LogP contribution in [-0.2, 0) is 4.79 Å². The lowest BCUT2D eigenvalue weighted by atomic mass is 10.2. The van der Waals surface area contributed by atoms with E-state index in [4.69, 9.17) is 0 Å². The van der Waals surface area contributed by atoms with Crippen molar-refractivity contribution in [2.24, 2.45) is 0 Å². The molecule has 0 heterocycles. The smallest absolute Gasteiger partial charge is 0.152 e. The van der Waals surface area contributed by atoms with Crippen LogP contribution in [0.4, 0.5) is 0 Å². The Kier molecular flexibility index (Phi) is 5.03. The van der Waals surface area contributed by atoms with Crippen molar-refractivity contribution in [2.45, 2.75) is 19.9 Å². The van der Waals surface area contributed by atoms with Gasteiger partial charge in [0, 0.05) is 11.4 Å². The Morgan fingerprint density at radius 1 is 1.64 bits per heavy atom. The van der Waals surface area contributed by atoms with E-state index in [0.717, 1.165) is 11.4 Å². The minimum absolute atomic E-state index is 0.0671. The van der Waals surface area contributed by atoms with Crippen molar-refractivity contribution in [2.75, 3.05) is 12.0 Å². The summed E-state index contributed by atoms with van der Waals surface area (Å²) in [6.45, 7) is 7.14. The van der Waals surface area contributed by atoms with E-state index in [-0.39, 0.29) is 11.8 Å². The number of hydrogen-bond acceptors (Lipinski definition) is 3. The molecule has 0 aliphatic carbocycles. The molecular weight excluding hydrogens is 158 g/mol. The zero-order chi connectivity index (χ0) is 8.85. The van der Waals surface area contributed by atoms with Crippen LogP contribution in [0.25, 0.3) is 0 Å². The number of Topliss-reactive ketones (excluding diaryl/α,β-unsaturated/α-hetero) is 1. The van der Waals surface area contributed by atoms with Gasteiger partial charge in [-0.25, -0.2) is 0 Å². The fraction of sp³-hybridized carbons (Fsp3) is 0.625. The molecule has 0 aliphatic rings. The SMILES string of the molecule is C=C(C)NC(CSC)C(C)=O. The summed E-state index contributed by atoms with van der Waals surface area (Å²) in [6.07, 6.45) is 1.98. The third-order valence-electron chi connectivity index (χ3n) is 1.24. The zero-order valence-electron chi connectivity index (χ0n) is 7.31. The predicted octanol–water partition coefficient (Wildman–Crippen LogP) is 1.43. The van der Waals surface area contributed by atoms with Crippen LogP contribution in [-0.4, -0.2) is 23.8 Å². The van der Waals surface area contributed by atoms with Gasteiger partial charge < -0.3 is 5.32 Å². The highest BCUT2D eigenvalue weighted by Crippen LogP contribution is 1.99. The highest BCUT2D eigenvalue weighted by atomic mass is 32.2. The molecule has 3 heteroatoms. The van der Waals surface area contributed by atoms with Crippen molar-refractivity contribution >= 4 is 17.5 Å². The topological polar surface area (TPSA) is 29.1 Å². The number of rotatable bonds is 5. The van der Waals surface area contributed by atoms with Gasteiger partial charge >= 0.3 is 0 Å². The molecule has 0 fully saturated rings. The molecule has 64 valence electrons. The molecule has 0 aromatic rings. The summed E-state index contributed by atoms with van der Waals surface area (Å²) in [7, 11) is 0. The molecule has 0 radical (unpaired) electrons. The van der Waals surface area contributed by atoms with Crippen LogP contribution in [0.2, 0.25) is 0 Å². The lowest BCUT2D eigenvalue weighted by Crippen LogP contribution is -2.35. The van der Waals surface area contributed by atoms with Crippen LogP contribution in [0.1, 0.15) is 13.8 Å². The molecule has 1 N–H and O–H groups in total. The van der Waals surface area contributed by atoms with Gasteiger partial charge in [-0.05, 0) is 20.1 Å². The lowest BCUT2D eigenvalue weighted by molar-refractivity contribution is -0.118. The maximum atomic E-state index is 11.0. The number of hydrogen-bond donors (Lipinski definition) is 1. The Morgan fingerprint density at radius 3 is 2.45 bits per heavy atom. The van der Waals surface area contributed by atoms with E-state index in [0.29, 0.717) is 0 Å². The number of carbonyl (C=O) groups excluding carboxylic acids is 1. The standard InChI is InChI=1S/C8H15NOS/c1-6(2)9-8(5-11-4)7(3)10/h8-9H,1,5H2,2-4H3. The van der Waals surface area contributed by atoms with E-state index >= 15 is 0 Å². The Labute approximate surface area is 72.4 Å². The highest BCUT2D eigenvalue weighted by Gasteiger charge is 2.11. The van der Waals surface area contributed by atoms with Crippen LogP contribution in [0.5, 0.6) is 0 Å². The van der Waals surface area contributed by atoms with E-state index in [1.165, 1.54) is 0 Å². The molecule has 2 nitrogen and oxygen atoms in total. The zero-order valence-corrected chi connectivity index (χ0v) is 8.12. The van der Waals surface area contributed by atoms with Crippen LogP contribution in [0.15, 0.2) is 12.3 Å². The van der Waals surface area contributed by atoms with E-state index in [2.05, 4.69) is 11.9 Å². The van der Waals surface area contributed by atoms with Crippen molar-refractivity contribution in [3.63, 3.8) is 0 Å². The molecule has 0 aromatic carbocycles. The maximum Gasteiger partial charge on any atom is 0.152 e. The number of allylic oxidation sites excluding steroid dienone is 1. The first-order chi connectivity index (χ1) is 5.07. The summed E-state index contributed by atoms with van der Waals surface area (Å²) in [5, 5.41) is 3.02. The molecular formula is C8H15NOS. The van der Waals surface area contributed by atoms with Gasteiger partial charge in [-0.1, -0.05) is 6.58 Å². The van der Waals surface area contributed by atoms with Crippen molar-refractivity contribution in [3.8, 4) is 0 Å². The number of ketones is 1. The largest absolute Gasteiger partial charge is 0.379 e. The fourth-order valence-corrected chi connectivity index (χ4v) is 1.38. The molecule has 0 spiro atoms. The van der Waals surface area contributed by atoms with Gasteiger partial charge in [-0.2, -0.15) is 11.8 Å². The van der Waals surface area contributed by atoms with Crippen LogP contribution >= 0.6 is 11.8 Å². The van der Waals surface area contributed by atoms with E-state index in [1.807, 2.05) is 13.2 Å². The third-order valence-corrected chi connectivity index (χ3v) is 1.91. The van der Waals surface area contributed by atoms with Crippen molar-refractivity contribution in [3.05, 3.63) is 12.3 Å². The Morgan fingerprint density at radius 2 is 2.18 bits per heavy atom. The van der Waals surface area contributed by atoms with Crippen molar-refractivity contribution in [1.82, 2.24) is 5.32 Å². The van der Waals surface area contributed by atoms with Crippen molar-refractivity contribution in [1.29, 1.82) is 0 Å². The average Bonchev–Trinajstić information content (AvgIpc) is 1.86. The first-order valence-electron chi connectivity index (χ1n) is 3.49. The monoisotopic (exact) mass is 173 g/mol. The third kappa shape index (κ3) is 4.90. The molecule has 0 rings (SSSR count). The Balaban J connectivity index is 3.89. The molecule has 1 unspecified atom stereocenters. The number of nitrogens with one attached hydrogen (secondary N) is 1. The molecule has 0 aliphatic heterocycles. The quantitative estimate of drug-likeness (QED) is 0.682. The van der Waals surface area contributed by atoms with Crippen molar-refractivity contribution < 1.29 is 4.79 Å². The molecule has 11 heavy (non-hydrogen) atoms. The summed E-state index contributed by atoms with van der Waals surface area (Å²) in [5.41, 5.74) is 0.847. The summed E-state index contributed by atoms with van der Waals surface area (Å²) in [6, 6.07) is -0.0671. The molecule has 0 saturated carbocycles. The van der Waals surface area contributed by atoms with Gasteiger partial charge in [0.25, 0.3) is 0 Å². The van der Waals surface area contributed by atoms with Gasteiger partial charge in [0.1, 0.15) is 0 Å². The van der Waals surface area contributed by atoms with Gasteiger partial charge in [0.15, 0.2) is 5.78 Å². The van der Waals surface area contributed by atoms with Gasteiger partial charge in [0.05, 0.1) is 6.04 Å². The molecule has 0 saturated heterocycles. The van der Waals surface area contributed by atoms with Crippen LogP contribution < -0.4 is 5.32 Å². The second-order valence-corrected chi connectivity index (χ2v) is 3.45. The van der Waals surface area contributed by atoms with Crippen LogP contribution in [0, 0.1) is 0 Å². The average molecular weight is 173 g/mol. The second-order valence-electron chi connectivity index (χ2n) is 2.54. The Bertz CT molecular complexity index is 156. The molecule has 0 amide bonds. The molecule has 0 aromatic heterocycles. The number of carbonyl (C=O) groups is 1. The van der Waals surface area contributed by atoms with Gasteiger partial charge in [-0.15, -0.1) is 0 Å². The van der Waals surface area contributed by atoms with Gasteiger partial charge in [-0.3, -0.25) is 4.79 Å². The van der Waals surface area contributed by atoms with Gasteiger partial charge in [0.2, 0.25) is 0 Å². The van der Waals surface area contributed by atoms with E-state index in [9.17, 15) is 4.79 Å². The normalized spacial score (nSPS) is 12.3. The second kappa shape index (κ2) is 5.24. The van der Waals surface area contributed by atoms with E-state index in [1.54, 1.807) is 18.7 Å². The molecule has 0 bridgehead atoms. The molecule has 1 atom stereocenters. The summed E-state index contributed by atoms with van der Waals surface area (Å²) in [4.78, 5) is 11.0. The highest BCUT2D eigenvalue weighted by molar-refractivity contribution is 7.98. The van der Waals surface area contributed by atoms with E-state index < -0.39 is 0 Å². The first kappa shape index (κ1) is 10.6. The summed E-state index contributed by atoms with van der Waals surface area (Å²) < 4.78 is 0. The minimum atomic E-state index is -0.0671. The summed E-state index contributed by atoms with van der Waals surface area (Å²) in [5.74, 6) is 0.977. The minimum Gasteiger partial charge on any atom is -0.379 e. The Hall–Kier alpha value is -0.440. The fourth-order valence-electron chi connectivity index (χ4n) is 0.725. The summed E-state index contributed by atoms with van der Waals surface area (Å²) >= 11 is 1.66. The van der Waals surface area contributed by atoms with Crippen LogP contribution in [0.3, 0.4) is 0 Å². The lowest BCUT2D eigenvalue weighted by Gasteiger charge is -2.14. The number of thioether (sulfide) groups is 1.